The van der Waals surface area contributed by atoms with Crippen LogP contribution in [0.5, 0.6) is 0 Å². The van der Waals surface area contributed by atoms with Gasteiger partial charge in [-0.05, 0) is 19.3 Å². The Bertz CT molecular complexity index is 221. The molecule has 0 aromatic rings. The third-order valence-corrected chi connectivity index (χ3v) is 3.77. The smallest absolute Gasteiger partial charge is 0.312 e. The van der Waals surface area contributed by atoms with Crippen LogP contribution < -0.4 is 0 Å². The van der Waals surface area contributed by atoms with E-state index < -0.39 is 0 Å². The molecule has 1 aliphatic heterocycles. The minimum atomic E-state index is -0.186. The van der Waals surface area contributed by atoms with Gasteiger partial charge in [0.05, 0.1) is 25.7 Å². The Morgan fingerprint density at radius 2 is 2.08 bits per heavy atom. The predicted octanol–water partition coefficient (Wildman–Crippen LogP) is 1.37. The van der Waals surface area contributed by atoms with E-state index in [0.717, 1.165) is 32.5 Å². The molecule has 2 rings (SSSR count). The number of ether oxygens (including phenoxy) is 2. The van der Waals surface area contributed by atoms with Crippen molar-refractivity contribution in [3.8, 4) is 0 Å². The molecule has 0 unspecified atom stereocenters. The van der Waals surface area contributed by atoms with Crippen molar-refractivity contribution in [2.75, 3.05) is 20.3 Å². The highest BCUT2D eigenvalue weighted by Gasteiger charge is 2.67. The average Bonchev–Trinajstić information content (AvgIpc) is 2.84. The Morgan fingerprint density at radius 1 is 1.46 bits per heavy atom. The number of hydrogen-bond donors (Lipinski definition) is 0. The Hall–Kier alpha value is -0.570. The molecule has 3 heteroatoms. The quantitative estimate of drug-likeness (QED) is 0.621. The topological polar surface area (TPSA) is 35.5 Å². The third-order valence-electron chi connectivity index (χ3n) is 3.77. The molecule has 0 amide bonds. The zero-order valence-corrected chi connectivity index (χ0v) is 8.26. The van der Waals surface area contributed by atoms with E-state index in [2.05, 4.69) is 6.92 Å². The normalized spacial score (nSPS) is 27.5. The van der Waals surface area contributed by atoms with Crippen LogP contribution in [0, 0.1) is 10.8 Å². The summed E-state index contributed by atoms with van der Waals surface area (Å²) >= 11 is 0. The van der Waals surface area contributed by atoms with Gasteiger partial charge in [0.15, 0.2) is 0 Å². The first-order valence-corrected chi connectivity index (χ1v) is 4.87. The molecule has 0 atom stereocenters. The summed E-state index contributed by atoms with van der Waals surface area (Å²) in [6.45, 7) is 3.60. The summed E-state index contributed by atoms with van der Waals surface area (Å²) in [4.78, 5) is 11.6. The van der Waals surface area contributed by atoms with E-state index in [1.807, 2.05) is 0 Å². The van der Waals surface area contributed by atoms with Crippen LogP contribution in [-0.2, 0) is 14.3 Å². The lowest BCUT2D eigenvalue weighted by atomic mass is 9.69. The van der Waals surface area contributed by atoms with Gasteiger partial charge in [-0.1, -0.05) is 6.92 Å². The maximum Gasteiger partial charge on any atom is 0.312 e. The van der Waals surface area contributed by atoms with Gasteiger partial charge >= 0.3 is 5.97 Å². The molecule has 74 valence electrons. The molecule has 3 nitrogen and oxygen atoms in total. The molecule has 0 spiro atoms. The molecule has 1 saturated carbocycles. The lowest BCUT2D eigenvalue weighted by Gasteiger charge is -2.46. The molecule has 0 radical (unpaired) electrons. The zero-order valence-electron chi connectivity index (χ0n) is 8.26. The fourth-order valence-corrected chi connectivity index (χ4v) is 2.44. The fourth-order valence-electron chi connectivity index (χ4n) is 2.44. The first-order valence-electron chi connectivity index (χ1n) is 4.87. The first kappa shape index (κ1) is 9.00. The van der Waals surface area contributed by atoms with Crippen LogP contribution in [0.15, 0.2) is 0 Å². The van der Waals surface area contributed by atoms with E-state index in [-0.39, 0.29) is 16.8 Å². The monoisotopic (exact) mass is 184 g/mol. The number of carbonyl (C=O) groups excluding carboxylic acids is 1. The zero-order chi connectivity index (χ0) is 9.53. The first-order chi connectivity index (χ1) is 6.21. The van der Waals surface area contributed by atoms with Crippen molar-refractivity contribution in [3.05, 3.63) is 0 Å². The van der Waals surface area contributed by atoms with Crippen LogP contribution in [0.1, 0.15) is 26.2 Å². The third kappa shape index (κ3) is 0.966. The van der Waals surface area contributed by atoms with Crippen LogP contribution >= 0.6 is 0 Å². The van der Waals surface area contributed by atoms with Gasteiger partial charge in [0.1, 0.15) is 0 Å². The molecule has 2 aliphatic rings. The summed E-state index contributed by atoms with van der Waals surface area (Å²) < 4.78 is 10.1. The van der Waals surface area contributed by atoms with Gasteiger partial charge in [0, 0.05) is 5.41 Å². The Labute approximate surface area is 78.4 Å². The number of esters is 1. The summed E-state index contributed by atoms with van der Waals surface area (Å²) in [7, 11) is 1.48. The largest absolute Gasteiger partial charge is 0.469 e. The van der Waals surface area contributed by atoms with Gasteiger partial charge in [-0.15, -0.1) is 0 Å². The van der Waals surface area contributed by atoms with E-state index >= 15 is 0 Å². The van der Waals surface area contributed by atoms with Gasteiger partial charge in [-0.25, -0.2) is 0 Å². The van der Waals surface area contributed by atoms with E-state index in [4.69, 9.17) is 9.47 Å². The molecular weight excluding hydrogens is 168 g/mol. The Balaban J connectivity index is 2.18. The van der Waals surface area contributed by atoms with Crippen molar-refractivity contribution in [3.63, 3.8) is 0 Å². The fraction of sp³-hybridized carbons (Fsp3) is 0.900. The summed E-state index contributed by atoms with van der Waals surface area (Å²) in [5.74, 6) is -0.0300. The van der Waals surface area contributed by atoms with Crippen LogP contribution in [0.25, 0.3) is 0 Å². The number of rotatable bonds is 3. The second kappa shape index (κ2) is 2.71. The molecule has 2 fully saturated rings. The van der Waals surface area contributed by atoms with Crippen molar-refractivity contribution >= 4 is 5.97 Å². The van der Waals surface area contributed by atoms with E-state index in [0.29, 0.717) is 0 Å². The maximum absolute atomic E-state index is 11.6. The molecule has 0 N–H and O–H groups in total. The molecule has 0 bridgehead atoms. The summed E-state index contributed by atoms with van der Waals surface area (Å²) in [6.07, 6.45) is 2.98. The van der Waals surface area contributed by atoms with Gasteiger partial charge in [-0.2, -0.15) is 0 Å². The van der Waals surface area contributed by atoms with Crippen LogP contribution in [0.3, 0.4) is 0 Å². The molecule has 1 heterocycles. The summed E-state index contributed by atoms with van der Waals surface area (Å²) in [6, 6.07) is 0. The summed E-state index contributed by atoms with van der Waals surface area (Å²) in [5.41, 5.74) is -0.0884. The van der Waals surface area contributed by atoms with Crippen molar-refractivity contribution in [1.82, 2.24) is 0 Å². The van der Waals surface area contributed by atoms with Gasteiger partial charge in [0.2, 0.25) is 0 Å². The molecule has 1 aliphatic carbocycles. The van der Waals surface area contributed by atoms with E-state index in [1.165, 1.54) is 7.11 Å². The molecule has 0 aromatic carbocycles. The van der Waals surface area contributed by atoms with Gasteiger partial charge in [-0.3, -0.25) is 4.79 Å². The minimum absolute atomic E-state index is 0.0300. The van der Waals surface area contributed by atoms with Crippen molar-refractivity contribution in [1.29, 1.82) is 0 Å². The van der Waals surface area contributed by atoms with Crippen LogP contribution in [0.4, 0.5) is 0 Å². The lowest BCUT2D eigenvalue weighted by molar-refractivity contribution is -0.186. The lowest BCUT2D eigenvalue weighted by Crippen LogP contribution is -2.52. The highest BCUT2D eigenvalue weighted by Crippen LogP contribution is 2.63. The average molecular weight is 184 g/mol. The number of carbonyl (C=O) groups is 1. The summed E-state index contributed by atoms with van der Waals surface area (Å²) in [5, 5.41) is 0. The van der Waals surface area contributed by atoms with Crippen molar-refractivity contribution in [2.24, 2.45) is 10.8 Å². The van der Waals surface area contributed by atoms with Crippen LogP contribution in [-0.4, -0.2) is 26.3 Å². The SMILES string of the molecule is CCC1(C2(C(=O)OC)CC2)COC1. The van der Waals surface area contributed by atoms with Crippen molar-refractivity contribution in [2.45, 2.75) is 26.2 Å². The Kier molecular flexibility index (Phi) is 1.88. The molecule has 1 saturated heterocycles. The standard InChI is InChI=1S/C10H16O3/c1-3-9(6-13-7-9)10(4-5-10)8(11)12-2/h3-7H2,1-2H3. The maximum atomic E-state index is 11.6. The van der Waals surface area contributed by atoms with Crippen LogP contribution in [0.2, 0.25) is 0 Å². The second-order valence-electron chi connectivity index (χ2n) is 4.20. The van der Waals surface area contributed by atoms with Crippen molar-refractivity contribution < 1.29 is 14.3 Å². The molecule has 13 heavy (non-hydrogen) atoms. The van der Waals surface area contributed by atoms with Gasteiger partial charge in [0.25, 0.3) is 0 Å². The predicted molar refractivity (Wildman–Crippen MR) is 47.2 cm³/mol. The van der Waals surface area contributed by atoms with E-state index in [9.17, 15) is 4.79 Å². The highest BCUT2D eigenvalue weighted by molar-refractivity contribution is 5.81. The minimum Gasteiger partial charge on any atom is -0.469 e. The second-order valence-corrected chi connectivity index (χ2v) is 4.20. The molecular formula is C10H16O3. The molecule has 0 aromatic heterocycles. The number of hydrogen-bond acceptors (Lipinski definition) is 3. The van der Waals surface area contributed by atoms with Gasteiger partial charge < -0.3 is 9.47 Å². The number of methoxy groups -OCH3 is 1. The van der Waals surface area contributed by atoms with E-state index in [1.54, 1.807) is 0 Å². The Morgan fingerprint density at radius 3 is 2.31 bits per heavy atom. The highest BCUT2D eigenvalue weighted by atomic mass is 16.5.